The molecule has 0 bridgehead atoms. The van der Waals surface area contributed by atoms with Crippen LogP contribution in [0.3, 0.4) is 0 Å². The Balaban J connectivity index is 3.38. The van der Waals surface area contributed by atoms with Crippen molar-refractivity contribution in [3.05, 3.63) is 35.9 Å². The first kappa shape index (κ1) is 72.6. The highest BCUT2D eigenvalue weighted by Crippen LogP contribution is 2.13. The number of aliphatic hydroxyl groups excluding tert-OH is 3. The lowest BCUT2D eigenvalue weighted by atomic mass is 9.99. The van der Waals surface area contributed by atoms with Crippen molar-refractivity contribution in [2.75, 3.05) is 26.3 Å². The number of Topliss-reactive ketones (excluding diaryl/α,β-unsaturated/α-hetero) is 1. The van der Waals surface area contributed by atoms with Crippen molar-refractivity contribution in [3.63, 3.8) is 0 Å². The van der Waals surface area contributed by atoms with Crippen LogP contribution >= 0.6 is 0 Å². The van der Waals surface area contributed by atoms with Gasteiger partial charge in [0, 0.05) is 32.4 Å². The van der Waals surface area contributed by atoms with E-state index in [0.717, 1.165) is 32.6 Å². The zero-order valence-electron chi connectivity index (χ0n) is 48.0. The molecule has 0 fully saturated rings. The van der Waals surface area contributed by atoms with E-state index in [1.807, 2.05) is 0 Å². The molecule has 82 heavy (non-hydrogen) atoms. The van der Waals surface area contributed by atoms with Crippen LogP contribution in [0.4, 0.5) is 0 Å². The molecular formula is C54H92N14O14. The molecule has 1 rings (SSSR count). The number of carbonyl (C=O) groups is 10. The zero-order valence-corrected chi connectivity index (χ0v) is 48.0. The summed E-state index contributed by atoms with van der Waals surface area (Å²) < 4.78 is 0. The number of nitrogens with two attached hydrogens (primary N) is 2. The molecule has 9 atom stereocenters. The van der Waals surface area contributed by atoms with Crippen LogP contribution in [0.15, 0.2) is 30.3 Å². The fourth-order valence-electron chi connectivity index (χ4n) is 8.34. The number of ketones is 1. The monoisotopic (exact) mass is 1160 g/mol. The number of rotatable bonds is 43. The molecule has 462 valence electrons. The molecule has 0 spiro atoms. The van der Waals surface area contributed by atoms with Crippen LogP contribution < -0.4 is 64.6 Å². The highest BCUT2D eigenvalue weighted by Gasteiger charge is 2.36. The van der Waals surface area contributed by atoms with Gasteiger partial charge in [-0.1, -0.05) is 102 Å². The average Bonchev–Trinajstić information content (AvgIpc) is 3.49. The topological polar surface area (TPSA) is 472 Å². The number of aliphatic carboxylic acids is 1. The molecule has 0 aliphatic heterocycles. The van der Waals surface area contributed by atoms with Crippen LogP contribution in [0.2, 0.25) is 0 Å². The summed E-state index contributed by atoms with van der Waals surface area (Å²) in [6.07, 6.45) is 7.04. The summed E-state index contributed by atoms with van der Waals surface area (Å²) in [5.41, 5.74) is 11.3. The van der Waals surface area contributed by atoms with Crippen molar-refractivity contribution in [2.24, 2.45) is 17.4 Å². The van der Waals surface area contributed by atoms with Crippen LogP contribution in [0.5, 0.6) is 0 Å². The standard InChI is InChI=1S/C54H92N14O14/c1-6-7-8-9-10-11-12-13-17-24-42(73)67-45(34(5)72)52(82)68-44(32(2)3)51(81)64-39(29-35-20-15-14-16-21-35)48(78)62-38(23-19-28-60-54(57)58)47(77)65-41(31-70)50(80)66-40(30-69)49(79)63-37(22-18-27-59-53(55)56)46(76)61-36(33(4)71)25-26-43(74)75/h14-16,20-21,32,34,36-41,44-45,69-70,72H,6-13,17-19,22-31H2,1-5H3,(H,61,76)(H,62,78)(H,63,79)(H,64,81)(H,65,77)(H,66,80)(H,67,73)(H,68,82)(H,74,75)(H4,55,56,59)(H4,57,58,60)/t34-,36+,37+,38+,39+,40+,41+,44+,45+/m1/s1. The van der Waals surface area contributed by atoms with Crippen LogP contribution in [-0.2, 0) is 54.4 Å². The third-order valence-electron chi connectivity index (χ3n) is 13.1. The summed E-state index contributed by atoms with van der Waals surface area (Å²) in [4.78, 5) is 133. The first-order chi connectivity index (χ1) is 38.8. The van der Waals surface area contributed by atoms with Gasteiger partial charge in [0.15, 0.2) is 17.7 Å². The van der Waals surface area contributed by atoms with Crippen molar-refractivity contribution in [2.45, 2.75) is 198 Å². The Hall–Kier alpha value is -7.46. The van der Waals surface area contributed by atoms with E-state index in [1.165, 1.54) is 32.6 Å². The SMILES string of the molecule is CCCCCCCCCCCC(=O)N[C@H](C(=O)N[C@H](C(=O)N[C@@H](Cc1ccccc1)C(=O)N[C@@H](CCCNC(=N)N)C(=O)N[C@@H](CO)C(=O)N[C@@H](CO)C(=O)N[C@@H](CCCNC(=N)N)C(=O)N[C@@H](CCC(=O)O)C(C)=O)C(C)C)[C@@H](C)O. The van der Waals surface area contributed by atoms with Gasteiger partial charge in [-0.05, 0) is 63.9 Å². The maximum absolute atomic E-state index is 14.4. The first-order valence-electron chi connectivity index (χ1n) is 28.1. The van der Waals surface area contributed by atoms with E-state index in [0.29, 0.717) is 12.0 Å². The largest absolute Gasteiger partial charge is 0.481 e. The van der Waals surface area contributed by atoms with Crippen LogP contribution in [0, 0.1) is 16.7 Å². The van der Waals surface area contributed by atoms with Crippen LogP contribution in [-0.4, -0.2) is 172 Å². The van der Waals surface area contributed by atoms with E-state index in [2.05, 4.69) is 60.1 Å². The van der Waals surface area contributed by atoms with Gasteiger partial charge in [-0.3, -0.25) is 58.8 Å². The average molecular weight is 1160 g/mol. The van der Waals surface area contributed by atoms with Gasteiger partial charge in [-0.2, -0.15) is 0 Å². The van der Waals surface area contributed by atoms with Crippen LogP contribution in [0.25, 0.3) is 0 Å². The number of benzene rings is 1. The fourth-order valence-corrected chi connectivity index (χ4v) is 8.34. The smallest absolute Gasteiger partial charge is 0.303 e. The predicted molar refractivity (Wildman–Crippen MR) is 304 cm³/mol. The van der Waals surface area contributed by atoms with Crippen molar-refractivity contribution >= 4 is 70.9 Å². The van der Waals surface area contributed by atoms with E-state index in [1.54, 1.807) is 44.2 Å². The second-order valence-electron chi connectivity index (χ2n) is 20.5. The summed E-state index contributed by atoms with van der Waals surface area (Å²) >= 11 is 0. The van der Waals surface area contributed by atoms with Crippen molar-refractivity contribution < 1.29 is 68.4 Å². The highest BCUT2D eigenvalue weighted by atomic mass is 16.4. The minimum Gasteiger partial charge on any atom is -0.481 e. The lowest BCUT2D eigenvalue weighted by Gasteiger charge is -2.29. The zero-order chi connectivity index (χ0) is 61.7. The Morgan fingerprint density at radius 2 is 0.915 bits per heavy atom. The molecule has 0 unspecified atom stereocenters. The third-order valence-corrected chi connectivity index (χ3v) is 13.1. The van der Waals surface area contributed by atoms with E-state index >= 15 is 0 Å². The molecule has 0 aliphatic rings. The number of hydrogen-bond donors (Lipinski definition) is 18. The lowest BCUT2D eigenvalue weighted by Crippen LogP contribution is -2.62. The Bertz CT molecular complexity index is 2220. The second kappa shape index (κ2) is 40.7. The maximum Gasteiger partial charge on any atom is 0.303 e. The summed E-state index contributed by atoms with van der Waals surface area (Å²) in [5, 5.41) is 80.1. The Kier molecular flexibility index (Phi) is 36.0. The number of carboxylic acids is 1. The molecule has 8 amide bonds. The normalized spacial score (nSPS) is 14.3. The number of guanidine groups is 2. The van der Waals surface area contributed by atoms with E-state index in [9.17, 15) is 63.3 Å². The minimum atomic E-state index is -1.84. The van der Waals surface area contributed by atoms with Gasteiger partial charge in [0.25, 0.3) is 0 Å². The molecule has 0 aliphatic carbocycles. The molecule has 1 aromatic rings. The van der Waals surface area contributed by atoms with E-state index in [-0.39, 0.29) is 64.0 Å². The lowest BCUT2D eigenvalue weighted by molar-refractivity contribution is -0.138. The van der Waals surface area contributed by atoms with Gasteiger partial charge in [-0.15, -0.1) is 0 Å². The van der Waals surface area contributed by atoms with Crippen LogP contribution in [0.1, 0.15) is 143 Å². The number of unbranched alkanes of at least 4 members (excludes halogenated alkanes) is 8. The molecule has 28 heteroatoms. The van der Waals surface area contributed by atoms with E-state index in [4.69, 9.17) is 27.4 Å². The van der Waals surface area contributed by atoms with Crippen molar-refractivity contribution in [3.8, 4) is 0 Å². The number of aliphatic hydroxyl groups is 3. The maximum atomic E-state index is 14.4. The summed E-state index contributed by atoms with van der Waals surface area (Å²) in [6, 6.07) is -3.58. The molecule has 20 N–H and O–H groups in total. The third kappa shape index (κ3) is 30.4. The molecule has 0 heterocycles. The van der Waals surface area contributed by atoms with Gasteiger partial charge in [-0.25, -0.2) is 0 Å². The van der Waals surface area contributed by atoms with Gasteiger partial charge in [0.1, 0.15) is 42.3 Å². The number of nitrogens with one attached hydrogen (secondary N) is 12. The van der Waals surface area contributed by atoms with Gasteiger partial charge >= 0.3 is 5.97 Å². The number of hydrogen-bond acceptors (Lipinski definition) is 15. The predicted octanol–water partition coefficient (Wildman–Crippen LogP) is -1.97. The Morgan fingerprint density at radius 3 is 1.34 bits per heavy atom. The van der Waals surface area contributed by atoms with Gasteiger partial charge < -0.3 is 85.1 Å². The summed E-state index contributed by atoms with van der Waals surface area (Å²) in [7, 11) is 0. The van der Waals surface area contributed by atoms with Gasteiger partial charge in [0.05, 0.1) is 25.4 Å². The highest BCUT2D eigenvalue weighted by molar-refractivity contribution is 5.98. The quantitative estimate of drug-likeness (QED) is 0.0192. The number of carbonyl (C=O) groups excluding carboxylic acids is 9. The minimum absolute atomic E-state index is 0.0310. The molecule has 0 radical (unpaired) electrons. The van der Waals surface area contributed by atoms with Crippen molar-refractivity contribution in [1.82, 2.24) is 53.2 Å². The fraction of sp³-hybridized carbons (Fsp3) is 0.667. The molecule has 1 aromatic carbocycles. The Morgan fingerprint density at radius 1 is 0.500 bits per heavy atom. The molecule has 0 saturated carbocycles. The molecule has 0 aromatic heterocycles. The van der Waals surface area contributed by atoms with Crippen molar-refractivity contribution in [1.29, 1.82) is 10.8 Å². The number of amides is 8. The molecule has 0 saturated heterocycles. The summed E-state index contributed by atoms with van der Waals surface area (Å²) in [6.45, 7) is 5.80. The molecular weight excluding hydrogens is 1070 g/mol. The Labute approximate surface area is 479 Å². The molecule has 28 nitrogen and oxygen atoms in total. The summed E-state index contributed by atoms with van der Waals surface area (Å²) in [5.74, 6) is -10.5. The van der Waals surface area contributed by atoms with E-state index < -0.39 is 145 Å². The first-order valence-corrected chi connectivity index (χ1v) is 28.1. The second-order valence-corrected chi connectivity index (χ2v) is 20.5. The number of carboxylic acid groups (broad SMARTS) is 1. The van der Waals surface area contributed by atoms with Gasteiger partial charge in [0.2, 0.25) is 47.3 Å².